The number of morpholine rings is 1. The molecule has 0 saturated carbocycles. The Morgan fingerprint density at radius 3 is 2.73 bits per heavy atom. The highest BCUT2D eigenvalue weighted by Gasteiger charge is 2.30. The van der Waals surface area contributed by atoms with Crippen molar-refractivity contribution >= 4 is 18.3 Å². The lowest BCUT2D eigenvalue weighted by Gasteiger charge is -2.36. The molecule has 0 aliphatic carbocycles. The van der Waals surface area contributed by atoms with Crippen molar-refractivity contribution < 1.29 is 13.9 Å². The van der Waals surface area contributed by atoms with Gasteiger partial charge < -0.3 is 15.0 Å². The van der Waals surface area contributed by atoms with Gasteiger partial charge in [-0.1, -0.05) is 18.6 Å². The first-order valence-corrected chi connectivity index (χ1v) is 7.63. The summed E-state index contributed by atoms with van der Waals surface area (Å²) >= 11 is 0. The van der Waals surface area contributed by atoms with Crippen molar-refractivity contribution in [3.63, 3.8) is 0 Å². The maximum absolute atomic E-state index is 13.0. The fraction of sp³-hybridized carbons (Fsp3) is 0.562. The summed E-state index contributed by atoms with van der Waals surface area (Å²) in [6.45, 7) is 2.62. The molecule has 0 bridgehead atoms. The van der Waals surface area contributed by atoms with Gasteiger partial charge in [0.1, 0.15) is 11.9 Å². The summed E-state index contributed by atoms with van der Waals surface area (Å²) in [5, 5.41) is 3.30. The number of piperidine rings is 1. The molecule has 4 nitrogen and oxygen atoms in total. The Hall–Kier alpha value is -1.17. The summed E-state index contributed by atoms with van der Waals surface area (Å²) in [6, 6.07) is 6.27. The molecule has 1 aromatic carbocycles. The number of hydrogen-bond donors (Lipinski definition) is 1. The summed E-state index contributed by atoms with van der Waals surface area (Å²) in [5.74, 6) is -0.0843. The van der Waals surface area contributed by atoms with Crippen LogP contribution in [0.4, 0.5) is 4.39 Å². The van der Waals surface area contributed by atoms with Crippen molar-refractivity contribution in [1.82, 2.24) is 10.2 Å². The average molecular weight is 329 g/mol. The minimum Gasteiger partial charge on any atom is -0.370 e. The van der Waals surface area contributed by atoms with E-state index in [0.717, 1.165) is 31.4 Å². The SMILES string of the molecule is Cl.O=C([C@H]1CCCCN1)N1CCOC(c2ccc(F)cc2)C1. The smallest absolute Gasteiger partial charge is 0.239 e. The van der Waals surface area contributed by atoms with Gasteiger partial charge in [0.25, 0.3) is 0 Å². The highest BCUT2D eigenvalue weighted by atomic mass is 35.5. The van der Waals surface area contributed by atoms with Crippen molar-refractivity contribution in [2.24, 2.45) is 0 Å². The van der Waals surface area contributed by atoms with Crippen LogP contribution < -0.4 is 5.32 Å². The first kappa shape index (κ1) is 17.2. The van der Waals surface area contributed by atoms with E-state index < -0.39 is 0 Å². The molecule has 0 radical (unpaired) electrons. The molecule has 2 aliphatic heterocycles. The van der Waals surface area contributed by atoms with E-state index in [2.05, 4.69) is 5.32 Å². The molecule has 1 aromatic rings. The van der Waals surface area contributed by atoms with Crippen LogP contribution in [0.25, 0.3) is 0 Å². The molecule has 1 N–H and O–H groups in total. The molecule has 2 aliphatic rings. The predicted molar refractivity (Wildman–Crippen MR) is 84.6 cm³/mol. The molecule has 0 aromatic heterocycles. The van der Waals surface area contributed by atoms with E-state index in [-0.39, 0.29) is 36.3 Å². The van der Waals surface area contributed by atoms with Gasteiger partial charge in [0.05, 0.1) is 19.2 Å². The van der Waals surface area contributed by atoms with Crippen LogP contribution in [0.1, 0.15) is 30.9 Å². The van der Waals surface area contributed by atoms with Gasteiger partial charge in [0.2, 0.25) is 5.91 Å². The van der Waals surface area contributed by atoms with Crippen molar-refractivity contribution in [3.8, 4) is 0 Å². The third kappa shape index (κ3) is 3.97. The Kier molecular flexibility index (Phi) is 6.17. The molecular weight excluding hydrogens is 307 g/mol. The molecule has 22 heavy (non-hydrogen) atoms. The van der Waals surface area contributed by atoms with Gasteiger partial charge in [-0.15, -0.1) is 12.4 Å². The van der Waals surface area contributed by atoms with Crippen molar-refractivity contribution in [3.05, 3.63) is 35.6 Å². The highest BCUT2D eigenvalue weighted by Crippen LogP contribution is 2.23. The Balaban J connectivity index is 0.00000176. The summed E-state index contributed by atoms with van der Waals surface area (Å²) in [5.41, 5.74) is 0.922. The number of hydrogen-bond acceptors (Lipinski definition) is 3. The number of carbonyl (C=O) groups excluding carboxylic acids is 1. The highest BCUT2D eigenvalue weighted by molar-refractivity contribution is 5.85. The van der Waals surface area contributed by atoms with Gasteiger partial charge in [-0.05, 0) is 37.1 Å². The lowest BCUT2D eigenvalue weighted by Crippen LogP contribution is -2.52. The van der Waals surface area contributed by atoms with E-state index in [1.54, 1.807) is 12.1 Å². The molecule has 0 spiro atoms. The number of amides is 1. The summed E-state index contributed by atoms with van der Waals surface area (Å²) in [4.78, 5) is 14.4. The Morgan fingerprint density at radius 2 is 2.05 bits per heavy atom. The molecule has 3 rings (SSSR count). The molecule has 2 fully saturated rings. The van der Waals surface area contributed by atoms with Gasteiger partial charge in [-0.2, -0.15) is 0 Å². The summed E-state index contributed by atoms with van der Waals surface area (Å²) in [6.07, 6.45) is 3.00. The van der Waals surface area contributed by atoms with Crippen LogP contribution in [0, 0.1) is 5.82 Å². The second-order valence-electron chi connectivity index (χ2n) is 5.70. The molecule has 122 valence electrons. The molecule has 6 heteroatoms. The van der Waals surface area contributed by atoms with Crippen LogP contribution in [0.3, 0.4) is 0 Å². The van der Waals surface area contributed by atoms with Gasteiger partial charge >= 0.3 is 0 Å². The molecular formula is C16H22ClFN2O2. The van der Waals surface area contributed by atoms with Crippen LogP contribution in [0.2, 0.25) is 0 Å². The lowest BCUT2D eigenvalue weighted by atomic mass is 10.0. The zero-order valence-corrected chi connectivity index (χ0v) is 13.3. The first-order valence-electron chi connectivity index (χ1n) is 7.63. The fourth-order valence-electron chi connectivity index (χ4n) is 3.01. The van der Waals surface area contributed by atoms with Crippen LogP contribution in [-0.2, 0) is 9.53 Å². The topological polar surface area (TPSA) is 41.6 Å². The first-order chi connectivity index (χ1) is 10.2. The normalized spacial score (nSPS) is 25.4. The molecule has 2 heterocycles. The van der Waals surface area contributed by atoms with E-state index in [9.17, 15) is 9.18 Å². The van der Waals surface area contributed by atoms with Crippen molar-refractivity contribution in [2.45, 2.75) is 31.4 Å². The van der Waals surface area contributed by atoms with Gasteiger partial charge in [-0.3, -0.25) is 4.79 Å². The second kappa shape index (κ2) is 7.90. The van der Waals surface area contributed by atoms with E-state index in [0.29, 0.717) is 19.7 Å². The monoisotopic (exact) mass is 328 g/mol. The van der Waals surface area contributed by atoms with E-state index in [1.807, 2.05) is 4.90 Å². The largest absolute Gasteiger partial charge is 0.370 e. The minimum absolute atomic E-state index is 0. The maximum atomic E-state index is 13.0. The van der Waals surface area contributed by atoms with Crippen LogP contribution >= 0.6 is 12.4 Å². The lowest BCUT2D eigenvalue weighted by molar-refractivity contribution is -0.141. The third-order valence-corrected chi connectivity index (χ3v) is 4.23. The maximum Gasteiger partial charge on any atom is 0.239 e. The Bertz CT molecular complexity index is 491. The Labute approximate surface area is 136 Å². The number of rotatable bonds is 2. The number of nitrogens with zero attached hydrogens (tertiary/aromatic N) is 1. The second-order valence-corrected chi connectivity index (χ2v) is 5.70. The van der Waals surface area contributed by atoms with Crippen LogP contribution in [0.5, 0.6) is 0 Å². The summed E-state index contributed by atoms with van der Waals surface area (Å²) < 4.78 is 18.7. The van der Waals surface area contributed by atoms with E-state index in [4.69, 9.17) is 4.74 Å². The molecule has 1 unspecified atom stereocenters. The number of ether oxygens (including phenoxy) is 1. The number of nitrogens with one attached hydrogen (secondary N) is 1. The van der Waals surface area contributed by atoms with Crippen LogP contribution in [0.15, 0.2) is 24.3 Å². The Morgan fingerprint density at radius 1 is 1.27 bits per heavy atom. The van der Waals surface area contributed by atoms with Gasteiger partial charge in [0.15, 0.2) is 0 Å². The average Bonchev–Trinajstić information content (AvgIpc) is 2.56. The molecule has 2 saturated heterocycles. The van der Waals surface area contributed by atoms with Crippen LogP contribution in [-0.4, -0.2) is 43.1 Å². The van der Waals surface area contributed by atoms with Gasteiger partial charge in [0, 0.05) is 6.54 Å². The molecule has 2 atom stereocenters. The molecule has 1 amide bonds. The number of carbonyl (C=O) groups is 1. The minimum atomic E-state index is -0.256. The fourth-order valence-corrected chi connectivity index (χ4v) is 3.01. The van der Waals surface area contributed by atoms with E-state index >= 15 is 0 Å². The number of halogens is 2. The van der Waals surface area contributed by atoms with Gasteiger partial charge in [-0.25, -0.2) is 4.39 Å². The zero-order valence-electron chi connectivity index (χ0n) is 12.5. The third-order valence-electron chi connectivity index (χ3n) is 4.23. The standard InChI is InChI=1S/C16H21FN2O2.ClH/c17-13-6-4-12(5-7-13)15-11-19(9-10-21-15)16(20)14-3-1-2-8-18-14;/h4-7,14-15,18H,1-3,8-11H2;1H/t14-,15?;/m1./s1. The van der Waals surface area contributed by atoms with Crippen molar-refractivity contribution in [2.75, 3.05) is 26.2 Å². The predicted octanol–water partition coefficient (Wildman–Crippen LogP) is 2.29. The summed E-state index contributed by atoms with van der Waals surface area (Å²) in [7, 11) is 0. The van der Waals surface area contributed by atoms with Crippen molar-refractivity contribution in [1.29, 1.82) is 0 Å². The number of benzene rings is 1. The van der Waals surface area contributed by atoms with E-state index in [1.165, 1.54) is 12.1 Å². The quantitative estimate of drug-likeness (QED) is 0.905. The zero-order chi connectivity index (χ0) is 14.7.